The summed E-state index contributed by atoms with van der Waals surface area (Å²) in [5, 5.41) is 0. The standard InChI is InChI=1S/C24H22FN2/c1-14-7-9-17-18-11-16(26-5)8-10-19(18)24(3,4)23(17)22(14)21-12-20(25)15(2)13-27(21)6/h7-13H,1-4,6H3/q+1/i2D3. The van der Waals surface area contributed by atoms with Gasteiger partial charge in [-0.2, -0.15) is 0 Å². The normalized spacial score (nSPS) is 15.9. The van der Waals surface area contributed by atoms with Gasteiger partial charge >= 0.3 is 0 Å². The number of benzene rings is 2. The second-order valence-corrected chi connectivity index (χ2v) is 7.68. The first-order valence-corrected chi connectivity index (χ1v) is 8.83. The van der Waals surface area contributed by atoms with Crippen LogP contribution < -0.4 is 4.57 Å². The summed E-state index contributed by atoms with van der Waals surface area (Å²) in [5.74, 6) is -0.733. The molecule has 4 rings (SSSR count). The summed E-state index contributed by atoms with van der Waals surface area (Å²) in [5.41, 5.74) is 6.69. The predicted octanol–water partition coefficient (Wildman–Crippen LogP) is 5.79. The molecule has 0 atom stereocenters. The van der Waals surface area contributed by atoms with E-state index in [0.29, 0.717) is 11.4 Å². The average molecular weight is 360 g/mol. The van der Waals surface area contributed by atoms with Crippen LogP contribution in [0.5, 0.6) is 0 Å². The minimum absolute atomic E-state index is 0.289. The molecule has 0 bridgehead atoms. The quantitative estimate of drug-likeness (QED) is 0.383. The monoisotopic (exact) mass is 360 g/mol. The number of fused-ring (bicyclic) bond motifs is 3. The lowest BCUT2D eigenvalue weighted by atomic mass is 9.78. The molecule has 1 heterocycles. The van der Waals surface area contributed by atoms with Crippen molar-refractivity contribution in [1.82, 2.24) is 0 Å². The molecule has 134 valence electrons. The maximum atomic E-state index is 14.8. The van der Waals surface area contributed by atoms with Gasteiger partial charge in [0.25, 0.3) is 0 Å². The summed E-state index contributed by atoms with van der Waals surface area (Å²) in [7, 11) is 1.75. The molecule has 0 radical (unpaired) electrons. The Labute approximate surface area is 164 Å². The third-order valence-electron chi connectivity index (χ3n) is 5.61. The number of hydrogen-bond donors (Lipinski definition) is 0. The average Bonchev–Trinajstić information content (AvgIpc) is 2.89. The Morgan fingerprint density at radius 3 is 2.59 bits per heavy atom. The Morgan fingerprint density at radius 2 is 1.89 bits per heavy atom. The summed E-state index contributed by atoms with van der Waals surface area (Å²) < 4.78 is 39.3. The van der Waals surface area contributed by atoms with Gasteiger partial charge < -0.3 is 0 Å². The van der Waals surface area contributed by atoms with E-state index in [1.807, 2.05) is 31.2 Å². The van der Waals surface area contributed by atoms with Gasteiger partial charge in [0.2, 0.25) is 5.69 Å². The van der Waals surface area contributed by atoms with Crippen LogP contribution in [0.1, 0.15) is 40.2 Å². The van der Waals surface area contributed by atoms with Gasteiger partial charge in [-0.15, -0.1) is 0 Å². The summed E-state index contributed by atoms with van der Waals surface area (Å²) in [4.78, 5) is 3.57. The fourth-order valence-electron chi connectivity index (χ4n) is 4.29. The van der Waals surface area contributed by atoms with Crippen molar-refractivity contribution in [2.75, 3.05) is 0 Å². The molecule has 0 spiro atoms. The molecule has 2 aromatic carbocycles. The number of pyridine rings is 1. The number of rotatable bonds is 1. The summed E-state index contributed by atoms with van der Waals surface area (Å²) in [6.45, 7) is 11.1. The molecule has 0 saturated carbocycles. The van der Waals surface area contributed by atoms with Crippen LogP contribution in [-0.4, -0.2) is 0 Å². The highest BCUT2D eigenvalue weighted by Crippen LogP contribution is 2.53. The van der Waals surface area contributed by atoms with E-state index in [2.05, 4.69) is 24.8 Å². The van der Waals surface area contributed by atoms with E-state index in [1.165, 1.54) is 12.3 Å². The first-order valence-electron chi connectivity index (χ1n) is 10.3. The van der Waals surface area contributed by atoms with Crippen LogP contribution in [0.25, 0.3) is 27.2 Å². The Kier molecular flexibility index (Phi) is 3.01. The van der Waals surface area contributed by atoms with Gasteiger partial charge in [0.1, 0.15) is 12.9 Å². The van der Waals surface area contributed by atoms with Crippen molar-refractivity contribution >= 4 is 5.69 Å². The van der Waals surface area contributed by atoms with Crippen LogP contribution in [0, 0.1) is 26.2 Å². The van der Waals surface area contributed by atoms with Crippen molar-refractivity contribution in [2.24, 2.45) is 7.05 Å². The van der Waals surface area contributed by atoms with E-state index in [-0.39, 0.29) is 11.0 Å². The summed E-state index contributed by atoms with van der Waals surface area (Å²) in [6, 6.07) is 11.1. The fourth-order valence-corrected chi connectivity index (χ4v) is 4.29. The number of halogens is 1. The van der Waals surface area contributed by atoms with Crippen molar-refractivity contribution in [3.05, 3.63) is 82.1 Å². The highest BCUT2D eigenvalue weighted by atomic mass is 19.1. The summed E-state index contributed by atoms with van der Waals surface area (Å²) in [6.07, 6.45) is 1.36. The van der Waals surface area contributed by atoms with Crippen LogP contribution in [0.2, 0.25) is 0 Å². The van der Waals surface area contributed by atoms with Gasteiger partial charge in [-0.3, -0.25) is 0 Å². The molecule has 0 fully saturated rings. The van der Waals surface area contributed by atoms with Crippen molar-refractivity contribution in [3.63, 3.8) is 0 Å². The van der Waals surface area contributed by atoms with E-state index < -0.39 is 12.7 Å². The molecule has 27 heavy (non-hydrogen) atoms. The first-order chi connectivity index (χ1) is 14.0. The molecule has 1 aliphatic rings. The molecule has 3 heteroatoms. The molecular weight excluding hydrogens is 335 g/mol. The topological polar surface area (TPSA) is 8.24 Å². The van der Waals surface area contributed by atoms with E-state index in [4.69, 9.17) is 10.7 Å². The van der Waals surface area contributed by atoms with Crippen LogP contribution in [0.15, 0.2) is 42.6 Å². The minimum Gasteiger partial charge on any atom is -0.238 e. The van der Waals surface area contributed by atoms with E-state index >= 15 is 0 Å². The zero-order chi connectivity index (χ0) is 22.0. The molecule has 1 aromatic heterocycles. The van der Waals surface area contributed by atoms with Crippen LogP contribution in [0.4, 0.5) is 10.1 Å². The molecule has 0 N–H and O–H groups in total. The fraction of sp³-hybridized carbons (Fsp3) is 0.250. The Balaban J connectivity index is 2.05. The lowest BCUT2D eigenvalue weighted by Gasteiger charge is -2.24. The molecule has 0 unspecified atom stereocenters. The Hall–Kier alpha value is -2.99. The number of hydrogen-bond acceptors (Lipinski definition) is 0. The van der Waals surface area contributed by atoms with Crippen molar-refractivity contribution in [1.29, 1.82) is 0 Å². The second kappa shape index (κ2) is 5.76. The maximum Gasteiger partial charge on any atom is 0.215 e. The van der Waals surface area contributed by atoms with Gasteiger partial charge in [-0.05, 0) is 47.7 Å². The van der Waals surface area contributed by atoms with Crippen LogP contribution in [-0.2, 0) is 12.5 Å². The summed E-state index contributed by atoms with van der Waals surface area (Å²) >= 11 is 0. The van der Waals surface area contributed by atoms with Gasteiger partial charge in [0.15, 0.2) is 11.9 Å². The predicted molar refractivity (Wildman–Crippen MR) is 106 cm³/mol. The largest absolute Gasteiger partial charge is 0.238 e. The van der Waals surface area contributed by atoms with Crippen molar-refractivity contribution in [2.45, 2.75) is 33.0 Å². The molecule has 0 saturated heterocycles. The Morgan fingerprint density at radius 1 is 1.11 bits per heavy atom. The smallest absolute Gasteiger partial charge is 0.215 e. The molecule has 1 aliphatic carbocycles. The van der Waals surface area contributed by atoms with Crippen LogP contribution in [0.3, 0.4) is 0 Å². The van der Waals surface area contributed by atoms with E-state index in [9.17, 15) is 4.39 Å². The van der Waals surface area contributed by atoms with E-state index in [1.54, 1.807) is 11.6 Å². The zero-order valence-electron chi connectivity index (χ0n) is 18.8. The van der Waals surface area contributed by atoms with Gasteiger partial charge in [-0.1, -0.05) is 38.1 Å². The lowest BCUT2D eigenvalue weighted by Crippen LogP contribution is -2.33. The lowest BCUT2D eigenvalue weighted by molar-refractivity contribution is -0.661. The van der Waals surface area contributed by atoms with Gasteiger partial charge in [0.05, 0.1) is 12.1 Å². The second-order valence-electron chi connectivity index (χ2n) is 7.68. The maximum absolute atomic E-state index is 14.8. The molecule has 0 amide bonds. The number of nitrogens with zero attached hydrogens (tertiary/aromatic N) is 2. The zero-order valence-corrected chi connectivity index (χ0v) is 15.8. The van der Waals surface area contributed by atoms with E-state index in [0.717, 1.165) is 33.4 Å². The first kappa shape index (κ1) is 14.1. The van der Waals surface area contributed by atoms with Gasteiger partial charge in [0, 0.05) is 21.2 Å². The van der Waals surface area contributed by atoms with Crippen molar-refractivity contribution < 1.29 is 13.1 Å². The molecule has 2 nitrogen and oxygen atoms in total. The highest BCUT2D eigenvalue weighted by molar-refractivity contribution is 5.89. The number of aromatic nitrogens is 1. The molecule has 3 aromatic rings. The van der Waals surface area contributed by atoms with Crippen LogP contribution >= 0.6 is 0 Å². The third-order valence-corrected chi connectivity index (χ3v) is 5.61. The SMILES string of the molecule is [2H]C([2H])([2H])c1c[n+](C)c(-c2c(C)ccc3c2C(C)(C)c2ccc([N+]#[C-])cc2-3)cc1F. The third kappa shape index (κ3) is 2.40. The van der Waals surface area contributed by atoms with Crippen molar-refractivity contribution in [3.8, 4) is 22.4 Å². The minimum atomic E-state index is -2.51. The highest BCUT2D eigenvalue weighted by Gasteiger charge is 2.39. The molecule has 0 aliphatic heterocycles. The molecular formula is C24H22FN2+. The Bertz CT molecular complexity index is 1250. The van der Waals surface area contributed by atoms with Gasteiger partial charge in [-0.25, -0.2) is 13.8 Å². The number of aryl methyl sites for hydroxylation is 3.